The highest BCUT2D eigenvalue weighted by molar-refractivity contribution is 7.13. The molecule has 0 N–H and O–H groups in total. The van der Waals surface area contributed by atoms with Gasteiger partial charge in [0.2, 0.25) is 0 Å². The van der Waals surface area contributed by atoms with Gasteiger partial charge in [0.15, 0.2) is 0 Å². The highest BCUT2D eigenvalue weighted by Crippen LogP contribution is 2.23. The van der Waals surface area contributed by atoms with E-state index in [9.17, 15) is 4.79 Å². The topological polar surface area (TPSA) is 36.4 Å². The Balaban J connectivity index is 1.70. The van der Waals surface area contributed by atoms with Gasteiger partial charge in [-0.1, -0.05) is 6.07 Å². The first kappa shape index (κ1) is 15.0. The van der Waals surface area contributed by atoms with Crippen LogP contribution in [0.3, 0.4) is 0 Å². The van der Waals surface area contributed by atoms with E-state index in [0.29, 0.717) is 0 Å². The monoisotopic (exact) mass is 315 g/mol. The van der Waals surface area contributed by atoms with E-state index < -0.39 is 0 Å². The third-order valence-corrected chi connectivity index (χ3v) is 5.18. The Morgan fingerprint density at radius 1 is 1.36 bits per heavy atom. The van der Waals surface area contributed by atoms with Gasteiger partial charge in [0.05, 0.1) is 4.88 Å². The van der Waals surface area contributed by atoms with Gasteiger partial charge >= 0.3 is 0 Å². The van der Waals surface area contributed by atoms with Gasteiger partial charge in [-0.15, -0.1) is 11.3 Å². The van der Waals surface area contributed by atoms with Crippen LogP contribution < -0.4 is 4.90 Å². The minimum atomic E-state index is 0.131. The maximum Gasteiger partial charge on any atom is 0.263 e. The molecule has 116 valence electrons. The normalized spacial score (nSPS) is 18.3. The minimum Gasteiger partial charge on any atom is -0.355 e. The van der Waals surface area contributed by atoms with Gasteiger partial charge in [-0.25, -0.2) is 4.98 Å². The Morgan fingerprint density at radius 3 is 2.91 bits per heavy atom. The highest BCUT2D eigenvalue weighted by Gasteiger charge is 2.27. The Labute approximate surface area is 135 Å². The van der Waals surface area contributed by atoms with Crippen molar-refractivity contribution < 1.29 is 4.79 Å². The molecule has 0 unspecified atom stereocenters. The van der Waals surface area contributed by atoms with Crippen LogP contribution in [0.25, 0.3) is 0 Å². The summed E-state index contributed by atoms with van der Waals surface area (Å²) in [6.45, 7) is 3.89. The predicted octanol–water partition coefficient (Wildman–Crippen LogP) is 3.19. The average Bonchev–Trinajstić information content (AvgIpc) is 3.01. The van der Waals surface area contributed by atoms with Crippen LogP contribution in [0.4, 0.5) is 5.82 Å². The quantitative estimate of drug-likeness (QED) is 0.873. The molecular formula is C17H21N3OS. The molecule has 0 aliphatic carbocycles. The number of pyridine rings is 1. The van der Waals surface area contributed by atoms with E-state index in [4.69, 9.17) is 0 Å². The van der Waals surface area contributed by atoms with Crippen molar-refractivity contribution in [2.45, 2.75) is 25.8 Å². The Bertz CT molecular complexity index is 640. The number of anilines is 1. The van der Waals surface area contributed by atoms with Crippen LogP contribution in [-0.4, -0.2) is 42.0 Å². The highest BCUT2D eigenvalue weighted by atomic mass is 32.1. The van der Waals surface area contributed by atoms with E-state index in [0.717, 1.165) is 36.6 Å². The van der Waals surface area contributed by atoms with Crippen molar-refractivity contribution in [1.82, 2.24) is 9.88 Å². The molecule has 5 heteroatoms. The lowest BCUT2D eigenvalue weighted by molar-refractivity contribution is 0.0722. The largest absolute Gasteiger partial charge is 0.355 e. The molecule has 1 aliphatic rings. The number of nitrogens with zero attached hydrogens (tertiary/aromatic N) is 3. The van der Waals surface area contributed by atoms with Gasteiger partial charge in [-0.05, 0) is 44.0 Å². The van der Waals surface area contributed by atoms with Crippen LogP contribution in [0.2, 0.25) is 0 Å². The number of hydrogen-bond donors (Lipinski definition) is 0. The fourth-order valence-corrected chi connectivity index (χ4v) is 3.76. The van der Waals surface area contributed by atoms with Crippen LogP contribution in [0.5, 0.6) is 0 Å². The van der Waals surface area contributed by atoms with Crippen molar-refractivity contribution in [3.8, 4) is 0 Å². The fourth-order valence-electron chi connectivity index (χ4n) is 2.91. The number of aryl methyl sites for hydroxylation is 1. The summed E-state index contributed by atoms with van der Waals surface area (Å²) in [4.78, 5) is 23.2. The second-order valence-electron chi connectivity index (χ2n) is 5.76. The van der Waals surface area contributed by atoms with E-state index >= 15 is 0 Å². The molecule has 0 aromatic carbocycles. The Morgan fingerprint density at radius 2 is 2.23 bits per heavy atom. The maximum absolute atomic E-state index is 12.6. The summed E-state index contributed by atoms with van der Waals surface area (Å²) in [5.41, 5.74) is 0. The zero-order valence-corrected chi connectivity index (χ0v) is 13.8. The van der Waals surface area contributed by atoms with E-state index in [1.54, 1.807) is 11.3 Å². The fraction of sp³-hybridized carbons (Fsp3) is 0.412. The number of amides is 1. The third kappa shape index (κ3) is 3.14. The molecule has 0 saturated carbocycles. The molecule has 0 radical (unpaired) electrons. The molecule has 1 aliphatic heterocycles. The number of thiophene rings is 1. The summed E-state index contributed by atoms with van der Waals surface area (Å²) in [5, 5.41) is 0. The van der Waals surface area contributed by atoms with E-state index in [2.05, 4.69) is 9.88 Å². The number of piperidine rings is 1. The molecule has 2 aromatic rings. The second-order valence-corrected chi connectivity index (χ2v) is 7.04. The van der Waals surface area contributed by atoms with Crippen molar-refractivity contribution in [1.29, 1.82) is 0 Å². The smallest absolute Gasteiger partial charge is 0.263 e. The zero-order chi connectivity index (χ0) is 15.5. The zero-order valence-electron chi connectivity index (χ0n) is 13.0. The molecular weight excluding hydrogens is 294 g/mol. The van der Waals surface area contributed by atoms with E-state index in [-0.39, 0.29) is 11.9 Å². The van der Waals surface area contributed by atoms with Crippen LogP contribution in [0.15, 0.2) is 36.5 Å². The first-order chi connectivity index (χ1) is 10.6. The van der Waals surface area contributed by atoms with Gasteiger partial charge in [-0.3, -0.25) is 4.79 Å². The molecule has 1 amide bonds. The summed E-state index contributed by atoms with van der Waals surface area (Å²) < 4.78 is 0. The number of carbonyl (C=O) groups is 1. The lowest BCUT2D eigenvalue weighted by atomic mass is 10.0. The molecule has 1 fully saturated rings. The van der Waals surface area contributed by atoms with E-state index in [1.807, 2.05) is 55.4 Å². The maximum atomic E-state index is 12.6. The SMILES string of the molecule is Cc1ccc(C(=O)N(C)[C@H]2CCCN(c3ccccn3)C2)s1. The molecule has 2 aromatic heterocycles. The first-order valence-corrected chi connectivity index (χ1v) is 8.46. The summed E-state index contributed by atoms with van der Waals surface area (Å²) in [5.74, 6) is 1.13. The molecule has 0 spiro atoms. The van der Waals surface area contributed by atoms with Crippen LogP contribution in [-0.2, 0) is 0 Å². The van der Waals surface area contributed by atoms with Gasteiger partial charge in [-0.2, -0.15) is 0 Å². The molecule has 0 bridgehead atoms. The Kier molecular flexibility index (Phi) is 4.43. The number of carbonyl (C=O) groups excluding carboxylic acids is 1. The predicted molar refractivity (Wildman–Crippen MR) is 90.6 cm³/mol. The number of hydrogen-bond acceptors (Lipinski definition) is 4. The summed E-state index contributed by atoms with van der Waals surface area (Å²) in [6.07, 6.45) is 3.96. The second kappa shape index (κ2) is 6.48. The van der Waals surface area contributed by atoms with Gasteiger partial charge < -0.3 is 9.80 Å². The van der Waals surface area contributed by atoms with Crippen molar-refractivity contribution in [2.75, 3.05) is 25.0 Å². The molecule has 3 heterocycles. The van der Waals surface area contributed by atoms with Crippen LogP contribution in [0.1, 0.15) is 27.4 Å². The van der Waals surface area contributed by atoms with Crippen molar-refractivity contribution in [3.05, 3.63) is 46.3 Å². The summed E-state index contributed by atoms with van der Waals surface area (Å²) >= 11 is 1.57. The van der Waals surface area contributed by atoms with Crippen molar-refractivity contribution in [2.24, 2.45) is 0 Å². The van der Waals surface area contributed by atoms with Gasteiger partial charge in [0.25, 0.3) is 5.91 Å². The minimum absolute atomic E-state index is 0.131. The summed E-state index contributed by atoms with van der Waals surface area (Å²) in [6, 6.07) is 10.2. The standard InChI is InChI=1S/C17H21N3OS/c1-13-8-9-15(22-13)17(21)19(2)14-6-5-11-20(12-14)16-7-3-4-10-18-16/h3-4,7-10,14H,5-6,11-12H2,1-2H3/t14-/m0/s1. The lowest BCUT2D eigenvalue weighted by Crippen LogP contribution is -2.48. The molecule has 22 heavy (non-hydrogen) atoms. The Hall–Kier alpha value is -1.88. The van der Waals surface area contributed by atoms with Crippen LogP contribution >= 0.6 is 11.3 Å². The molecule has 4 nitrogen and oxygen atoms in total. The first-order valence-electron chi connectivity index (χ1n) is 7.65. The molecule has 1 atom stereocenters. The van der Waals surface area contributed by atoms with Crippen molar-refractivity contribution in [3.63, 3.8) is 0 Å². The number of aromatic nitrogens is 1. The average molecular weight is 315 g/mol. The molecule has 3 rings (SSSR count). The molecule has 1 saturated heterocycles. The van der Waals surface area contributed by atoms with Gasteiger partial charge in [0.1, 0.15) is 5.82 Å². The summed E-state index contributed by atoms with van der Waals surface area (Å²) in [7, 11) is 1.92. The number of rotatable bonds is 3. The third-order valence-electron chi connectivity index (χ3n) is 4.19. The van der Waals surface area contributed by atoms with E-state index in [1.165, 1.54) is 4.88 Å². The van der Waals surface area contributed by atoms with Gasteiger partial charge in [0, 0.05) is 37.3 Å². The number of likely N-dealkylation sites (N-methyl/N-ethyl adjacent to an activating group) is 1. The van der Waals surface area contributed by atoms with Crippen LogP contribution in [0, 0.1) is 6.92 Å². The lowest BCUT2D eigenvalue weighted by Gasteiger charge is -2.38. The van der Waals surface area contributed by atoms with Crippen molar-refractivity contribution >= 4 is 23.1 Å².